The largest absolute Gasteiger partial charge is 0.496 e. The van der Waals surface area contributed by atoms with Crippen LogP contribution in [0.3, 0.4) is 0 Å². The Hall–Kier alpha value is -4.88. The fourth-order valence-electron chi connectivity index (χ4n) is 5.44. The first-order valence-electron chi connectivity index (χ1n) is 13.0. The molecule has 5 aromatic rings. The van der Waals surface area contributed by atoms with E-state index in [2.05, 4.69) is 22.3 Å². The van der Waals surface area contributed by atoms with Gasteiger partial charge in [-0.05, 0) is 55.5 Å². The van der Waals surface area contributed by atoms with E-state index in [9.17, 15) is 0 Å². The summed E-state index contributed by atoms with van der Waals surface area (Å²) in [4.78, 5) is 12.5. The number of para-hydroxylation sites is 4. The van der Waals surface area contributed by atoms with E-state index in [0.717, 1.165) is 51.1 Å². The van der Waals surface area contributed by atoms with Gasteiger partial charge in [-0.2, -0.15) is 5.10 Å². The van der Waals surface area contributed by atoms with Crippen LogP contribution in [0.15, 0.2) is 113 Å². The van der Waals surface area contributed by atoms with Crippen molar-refractivity contribution < 1.29 is 4.74 Å². The van der Waals surface area contributed by atoms with Crippen LogP contribution in [0.1, 0.15) is 22.9 Å². The van der Waals surface area contributed by atoms with Crippen molar-refractivity contribution in [3.05, 3.63) is 125 Å². The van der Waals surface area contributed by atoms with Gasteiger partial charge in [0.25, 0.3) is 0 Å². The molecule has 40 heavy (non-hydrogen) atoms. The number of rotatable bonds is 4. The summed E-state index contributed by atoms with van der Waals surface area (Å²) in [5.74, 6) is 2.84. The summed E-state index contributed by atoms with van der Waals surface area (Å²) in [6.45, 7) is 2.04. The molecule has 1 N–H and O–H groups in total. The highest BCUT2D eigenvalue weighted by molar-refractivity contribution is 6.51. The Labute approximate surface area is 237 Å². The number of amidine groups is 2. The van der Waals surface area contributed by atoms with Crippen molar-refractivity contribution in [2.75, 3.05) is 17.3 Å². The topological polar surface area (TPSA) is 67.0 Å². The van der Waals surface area contributed by atoms with Crippen LogP contribution in [-0.2, 0) is 0 Å². The molecule has 0 fully saturated rings. The minimum absolute atomic E-state index is 0.274. The standard InChI is InChI=1S/C32H25ClN6O/c1-20-28-29(24-15-6-9-18-27(24)40-2)38-26-17-8-7-16-25(26)35-30(34-22-12-10-11-21(33)19-22)32(38)36-31(28)39(37-20)23-13-4-3-5-14-23/h3-19,29H,1-2H3,(H,34,35). The molecule has 1 unspecified atom stereocenters. The minimum atomic E-state index is -0.274. The van der Waals surface area contributed by atoms with Crippen LogP contribution in [0.2, 0.25) is 5.02 Å². The van der Waals surface area contributed by atoms with Gasteiger partial charge < -0.3 is 15.0 Å². The molecule has 2 aliphatic heterocycles. The second-order valence-corrected chi connectivity index (χ2v) is 10.0. The van der Waals surface area contributed by atoms with Crippen LogP contribution in [0.25, 0.3) is 5.69 Å². The summed E-state index contributed by atoms with van der Waals surface area (Å²) in [5, 5.41) is 9.12. The molecule has 7 nitrogen and oxygen atoms in total. The van der Waals surface area contributed by atoms with Crippen LogP contribution in [0.5, 0.6) is 5.75 Å². The van der Waals surface area contributed by atoms with Crippen LogP contribution in [-0.4, -0.2) is 28.6 Å². The van der Waals surface area contributed by atoms with Crippen LogP contribution in [0, 0.1) is 6.92 Å². The molecule has 1 aromatic heterocycles. The van der Waals surface area contributed by atoms with Gasteiger partial charge in [-0.1, -0.05) is 66.2 Å². The predicted molar refractivity (Wildman–Crippen MR) is 161 cm³/mol. The van der Waals surface area contributed by atoms with Crippen molar-refractivity contribution in [2.45, 2.75) is 13.0 Å². The monoisotopic (exact) mass is 544 g/mol. The summed E-state index contributed by atoms with van der Waals surface area (Å²) in [5.41, 5.74) is 6.45. The summed E-state index contributed by atoms with van der Waals surface area (Å²) in [6.07, 6.45) is 0. The quantitative estimate of drug-likeness (QED) is 0.252. The average Bonchev–Trinajstić information content (AvgIpc) is 3.32. The zero-order chi connectivity index (χ0) is 27.2. The van der Waals surface area contributed by atoms with Crippen molar-refractivity contribution in [3.8, 4) is 11.4 Å². The molecule has 0 amide bonds. The van der Waals surface area contributed by atoms with Crippen LogP contribution in [0.4, 0.5) is 22.9 Å². The molecule has 0 spiro atoms. The molecule has 8 heteroatoms. The molecule has 2 aliphatic rings. The van der Waals surface area contributed by atoms with E-state index in [1.165, 1.54) is 0 Å². The number of halogens is 1. The fourth-order valence-corrected chi connectivity index (χ4v) is 5.63. The number of aliphatic imine (C=N–C) groups is 2. The maximum Gasteiger partial charge on any atom is 0.179 e. The molecule has 196 valence electrons. The lowest BCUT2D eigenvalue weighted by molar-refractivity contribution is 0.407. The molecule has 0 radical (unpaired) electrons. The molecule has 0 bridgehead atoms. The van der Waals surface area contributed by atoms with E-state index in [-0.39, 0.29) is 6.04 Å². The third-order valence-electron chi connectivity index (χ3n) is 7.16. The van der Waals surface area contributed by atoms with Crippen LogP contribution >= 0.6 is 11.6 Å². The number of hydrogen-bond acceptors (Lipinski definition) is 6. The lowest BCUT2D eigenvalue weighted by atomic mass is 9.92. The summed E-state index contributed by atoms with van der Waals surface area (Å²) >= 11 is 6.33. The zero-order valence-corrected chi connectivity index (χ0v) is 22.7. The van der Waals surface area contributed by atoms with Gasteiger partial charge >= 0.3 is 0 Å². The van der Waals surface area contributed by atoms with Crippen molar-refractivity contribution in [3.63, 3.8) is 0 Å². The van der Waals surface area contributed by atoms with Gasteiger partial charge in [0.05, 0.1) is 35.9 Å². The van der Waals surface area contributed by atoms with Gasteiger partial charge in [0.1, 0.15) is 5.75 Å². The number of nitrogens with one attached hydrogen (secondary N) is 1. The lowest BCUT2D eigenvalue weighted by Crippen LogP contribution is -2.46. The van der Waals surface area contributed by atoms with E-state index in [4.69, 9.17) is 31.4 Å². The number of ether oxygens (including phenoxy) is 1. The first-order valence-corrected chi connectivity index (χ1v) is 13.4. The van der Waals surface area contributed by atoms with Crippen LogP contribution < -0.4 is 15.0 Å². The molecule has 3 heterocycles. The van der Waals surface area contributed by atoms with Gasteiger partial charge in [0.2, 0.25) is 0 Å². The van der Waals surface area contributed by atoms with Gasteiger partial charge in [0, 0.05) is 21.8 Å². The Morgan fingerprint density at radius 3 is 2.45 bits per heavy atom. The van der Waals surface area contributed by atoms with Crippen molar-refractivity contribution >= 4 is 46.2 Å². The fraction of sp³-hybridized carbons (Fsp3) is 0.0938. The molecule has 4 aromatic carbocycles. The summed E-state index contributed by atoms with van der Waals surface area (Å²) in [6, 6.07) is 33.6. The number of anilines is 2. The Balaban J connectivity index is 1.52. The Morgan fingerprint density at radius 1 is 0.850 bits per heavy atom. The molecule has 0 aliphatic carbocycles. The second kappa shape index (κ2) is 9.70. The number of aryl methyl sites for hydroxylation is 1. The summed E-state index contributed by atoms with van der Waals surface area (Å²) < 4.78 is 7.81. The van der Waals surface area contributed by atoms with E-state index in [1.54, 1.807) is 7.11 Å². The second-order valence-electron chi connectivity index (χ2n) is 9.60. The predicted octanol–water partition coefficient (Wildman–Crippen LogP) is 7.64. The normalized spacial score (nSPS) is 15.4. The first kappa shape index (κ1) is 24.2. The highest BCUT2D eigenvalue weighted by atomic mass is 35.5. The number of nitrogens with zero attached hydrogens (tertiary/aromatic N) is 5. The number of aromatic nitrogens is 2. The van der Waals surface area contributed by atoms with E-state index >= 15 is 0 Å². The maximum atomic E-state index is 6.33. The minimum Gasteiger partial charge on any atom is -0.496 e. The molecular formula is C32H25ClN6O. The first-order chi connectivity index (χ1) is 19.6. The van der Waals surface area contributed by atoms with E-state index < -0.39 is 0 Å². The Morgan fingerprint density at radius 2 is 1.62 bits per heavy atom. The number of benzene rings is 4. The average molecular weight is 545 g/mol. The van der Waals surface area contributed by atoms with Gasteiger partial charge in [-0.3, -0.25) is 0 Å². The SMILES string of the molecule is COc1ccccc1C1c2c(C)nn(-c3ccccc3)c2N=C2C(Nc3cccc(Cl)c3)=Nc3ccccc3N21. The van der Waals surface area contributed by atoms with Gasteiger partial charge in [0.15, 0.2) is 17.5 Å². The summed E-state index contributed by atoms with van der Waals surface area (Å²) in [7, 11) is 1.70. The Kier molecular flexibility index (Phi) is 5.86. The molecule has 0 saturated heterocycles. The number of fused-ring (bicyclic) bond motifs is 4. The molecule has 1 atom stereocenters. The van der Waals surface area contributed by atoms with Crippen molar-refractivity contribution in [2.24, 2.45) is 9.98 Å². The van der Waals surface area contributed by atoms with Gasteiger partial charge in [-0.15, -0.1) is 0 Å². The Bertz CT molecular complexity index is 1810. The molecule has 0 saturated carbocycles. The highest BCUT2D eigenvalue weighted by Gasteiger charge is 2.42. The van der Waals surface area contributed by atoms with Crippen molar-refractivity contribution in [1.82, 2.24) is 9.78 Å². The van der Waals surface area contributed by atoms with E-state index in [1.807, 2.05) is 103 Å². The number of hydrogen-bond donors (Lipinski definition) is 1. The third kappa shape index (κ3) is 3.94. The van der Waals surface area contributed by atoms with Gasteiger partial charge in [-0.25, -0.2) is 14.7 Å². The maximum absolute atomic E-state index is 6.33. The molecular weight excluding hydrogens is 520 g/mol. The van der Waals surface area contributed by atoms with Crippen molar-refractivity contribution in [1.29, 1.82) is 0 Å². The third-order valence-corrected chi connectivity index (χ3v) is 7.39. The smallest absolute Gasteiger partial charge is 0.179 e. The highest BCUT2D eigenvalue weighted by Crippen LogP contribution is 2.49. The lowest BCUT2D eigenvalue weighted by Gasteiger charge is -2.41. The molecule has 7 rings (SSSR count). The zero-order valence-electron chi connectivity index (χ0n) is 21.9. The van der Waals surface area contributed by atoms with E-state index in [0.29, 0.717) is 16.7 Å². The number of methoxy groups -OCH3 is 1.